The highest BCUT2D eigenvalue weighted by Crippen LogP contribution is 2.72. The molecule has 3 nitrogen and oxygen atoms in total. The van der Waals surface area contributed by atoms with Gasteiger partial charge in [-0.1, -0.05) is 32.0 Å². The smallest absolute Gasteiger partial charge is 0.254 e. The molecule has 1 N–H and O–H groups in total. The van der Waals surface area contributed by atoms with E-state index in [2.05, 4.69) is 18.7 Å². The average Bonchev–Trinajstić information content (AvgIpc) is 2.90. The van der Waals surface area contributed by atoms with E-state index in [1.165, 1.54) is 6.42 Å². The highest BCUT2D eigenvalue weighted by molar-refractivity contribution is 5.94. The Kier molecular flexibility index (Phi) is 2.60. The Balaban J connectivity index is 1.70. The molecule has 1 saturated heterocycles. The van der Waals surface area contributed by atoms with Crippen LogP contribution < -0.4 is 0 Å². The van der Waals surface area contributed by atoms with Gasteiger partial charge in [-0.05, 0) is 36.8 Å². The predicted molar refractivity (Wildman–Crippen MR) is 80.8 cm³/mol. The Morgan fingerprint density at radius 3 is 2.57 bits per heavy atom. The van der Waals surface area contributed by atoms with E-state index in [0.717, 1.165) is 18.5 Å². The van der Waals surface area contributed by atoms with Gasteiger partial charge in [0, 0.05) is 35.6 Å². The Morgan fingerprint density at radius 1 is 1.24 bits per heavy atom. The highest BCUT2D eigenvalue weighted by atomic mass is 16.3. The van der Waals surface area contributed by atoms with Gasteiger partial charge in [0.1, 0.15) is 0 Å². The fraction of sp³-hybridized carbons (Fsp3) is 0.611. The second-order valence-electron chi connectivity index (χ2n) is 7.56. The van der Waals surface area contributed by atoms with Crippen LogP contribution in [-0.4, -0.2) is 35.1 Å². The van der Waals surface area contributed by atoms with E-state index >= 15 is 0 Å². The summed E-state index contributed by atoms with van der Waals surface area (Å²) >= 11 is 0. The minimum absolute atomic E-state index is 0.0198. The van der Waals surface area contributed by atoms with Crippen molar-refractivity contribution < 1.29 is 9.90 Å². The summed E-state index contributed by atoms with van der Waals surface area (Å²) in [6.45, 7) is 5.65. The van der Waals surface area contributed by atoms with Crippen LogP contribution in [0, 0.1) is 22.7 Å². The summed E-state index contributed by atoms with van der Waals surface area (Å²) in [5.74, 6) is 1.28. The van der Waals surface area contributed by atoms with Gasteiger partial charge in [-0.2, -0.15) is 0 Å². The van der Waals surface area contributed by atoms with E-state index in [4.69, 9.17) is 0 Å². The maximum atomic E-state index is 12.9. The van der Waals surface area contributed by atoms with Gasteiger partial charge in [0.2, 0.25) is 0 Å². The van der Waals surface area contributed by atoms with Crippen molar-refractivity contribution >= 4 is 5.91 Å². The van der Waals surface area contributed by atoms with E-state index in [-0.39, 0.29) is 23.3 Å². The number of hydrogen-bond acceptors (Lipinski definition) is 2. The molecule has 1 aliphatic heterocycles. The van der Waals surface area contributed by atoms with Crippen LogP contribution in [0.5, 0.6) is 0 Å². The van der Waals surface area contributed by atoms with Crippen molar-refractivity contribution in [3.8, 4) is 0 Å². The molecular formula is C18H23NO2. The zero-order valence-corrected chi connectivity index (χ0v) is 12.7. The van der Waals surface area contributed by atoms with E-state index in [1.54, 1.807) is 0 Å². The van der Waals surface area contributed by atoms with Crippen molar-refractivity contribution in [1.29, 1.82) is 0 Å². The monoisotopic (exact) mass is 285 g/mol. The van der Waals surface area contributed by atoms with Gasteiger partial charge in [-0.25, -0.2) is 0 Å². The van der Waals surface area contributed by atoms with Crippen molar-refractivity contribution in [3.05, 3.63) is 35.9 Å². The number of carbonyl (C=O) groups is 1. The first-order chi connectivity index (χ1) is 10.0. The zero-order valence-electron chi connectivity index (χ0n) is 12.7. The van der Waals surface area contributed by atoms with E-state index in [9.17, 15) is 9.90 Å². The van der Waals surface area contributed by atoms with Gasteiger partial charge in [0.15, 0.2) is 0 Å². The predicted octanol–water partition coefficient (Wildman–Crippen LogP) is 2.56. The number of rotatable bonds is 2. The molecule has 5 atom stereocenters. The van der Waals surface area contributed by atoms with Gasteiger partial charge < -0.3 is 10.0 Å². The molecule has 1 aromatic rings. The lowest BCUT2D eigenvalue weighted by Gasteiger charge is -2.40. The van der Waals surface area contributed by atoms with Gasteiger partial charge in [-0.15, -0.1) is 0 Å². The molecule has 1 aromatic carbocycles. The first-order valence-corrected chi connectivity index (χ1v) is 7.99. The number of amides is 1. The van der Waals surface area contributed by atoms with Crippen molar-refractivity contribution in [3.63, 3.8) is 0 Å². The molecule has 2 bridgehead atoms. The summed E-state index contributed by atoms with van der Waals surface area (Å²) in [6.07, 6.45) is 2.23. The minimum Gasteiger partial charge on any atom is -0.396 e. The molecule has 2 saturated carbocycles. The summed E-state index contributed by atoms with van der Waals surface area (Å²) in [6, 6.07) is 9.90. The largest absolute Gasteiger partial charge is 0.396 e. The Morgan fingerprint density at radius 2 is 1.95 bits per heavy atom. The lowest BCUT2D eigenvalue weighted by Crippen LogP contribution is -2.44. The van der Waals surface area contributed by atoms with Gasteiger partial charge in [-0.3, -0.25) is 4.79 Å². The van der Waals surface area contributed by atoms with Crippen LogP contribution in [0.25, 0.3) is 0 Å². The number of fused-ring (bicyclic) bond motifs is 1. The Labute approximate surface area is 126 Å². The van der Waals surface area contributed by atoms with Crippen molar-refractivity contribution in [2.24, 2.45) is 22.7 Å². The van der Waals surface area contributed by atoms with Crippen LogP contribution in [0.1, 0.15) is 37.0 Å². The second kappa shape index (κ2) is 4.10. The number of aliphatic hydroxyl groups excluding tert-OH is 1. The maximum absolute atomic E-state index is 12.9. The molecule has 4 unspecified atom stereocenters. The topological polar surface area (TPSA) is 40.5 Å². The van der Waals surface area contributed by atoms with Gasteiger partial charge in [0.25, 0.3) is 5.91 Å². The number of benzene rings is 1. The normalized spacial score (nSPS) is 43.6. The number of carbonyl (C=O) groups excluding carboxylic acids is 1. The summed E-state index contributed by atoms with van der Waals surface area (Å²) in [5, 5.41) is 9.97. The quantitative estimate of drug-likeness (QED) is 0.907. The molecule has 3 aliphatic rings. The molecule has 112 valence electrons. The fourth-order valence-corrected chi connectivity index (χ4v) is 5.63. The van der Waals surface area contributed by atoms with E-state index < -0.39 is 0 Å². The third-order valence-electron chi connectivity index (χ3n) is 7.15. The van der Waals surface area contributed by atoms with Crippen molar-refractivity contribution in [1.82, 2.24) is 4.90 Å². The number of likely N-dealkylation sites (tertiary alicyclic amines) is 1. The van der Waals surface area contributed by atoms with Crippen LogP contribution in [0.3, 0.4) is 0 Å². The molecule has 0 aromatic heterocycles. The highest BCUT2D eigenvalue weighted by Gasteiger charge is 2.72. The molecule has 0 radical (unpaired) electrons. The minimum atomic E-state index is -0.0198. The molecule has 0 spiro atoms. The molecule has 3 heteroatoms. The Bertz CT molecular complexity index is 586. The molecule has 3 fully saturated rings. The first-order valence-electron chi connectivity index (χ1n) is 7.99. The summed E-state index contributed by atoms with van der Waals surface area (Å²) < 4.78 is 0. The fourth-order valence-electron chi connectivity index (χ4n) is 5.63. The van der Waals surface area contributed by atoms with Gasteiger partial charge >= 0.3 is 0 Å². The Hall–Kier alpha value is -1.35. The molecule has 1 heterocycles. The number of nitrogens with zero attached hydrogens (tertiary/aromatic N) is 1. The summed E-state index contributed by atoms with van der Waals surface area (Å²) in [4.78, 5) is 15.0. The molecular weight excluding hydrogens is 262 g/mol. The molecule has 4 rings (SSSR count). The molecule has 21 heavy (non-hydrogen) atoms. The first kappa shape index (κ1) is 13.3. The second-order valence-corrected chi connectivity index (χ2v) is 7.56. The van der Waals surface area contributed by atoms with Gasteiger partial charge in [0.05, 0.1) is 0 Å². The average molecular weight is 285 g/mol. The van der Waals surface area contributed by atoms with Crippen molar-refractivity contribution in [2.45, 2.75) is 32.7 Å². The summed E-state index contributed by atoms with van der Waals surface area (Å²) in [5.41, 5.74) is 0.849. The SMILES string of the molecule is CC1(CO)C2CC3CN(C(=O)c4ccccc4)C(C2)[C@]31C. The van der Waals surface area contributed by atoms with Crippen LogP contribution >= 0.6 is 0 Å². The third-order valence-corrected chi connectivity index (χ3v) is 7.15. The van der Waals surface area contributed by atoms with E-state index in [0.29, 0.717) is 17.9 Å². The standard InChI is InChI=1S/C18H23NO2/c1-17(11-20)13-8-14-10-19(15(9-13)18(14,17)2)16(21)12-6-4-3-5-7-12/h3-7,13-15,20H,8-11H2,1-2H3/t13?,14?,15?,17?,18-/m0/s1. The van der Waals surface area contributed by atoms with Crippen molar-refractivity contribution in [2.75, 3.05) is 13.2 Å². The van der Waals surface area contributed by atoms with E-state index in [1.807, 2.05) is 30.3 Å². The third kappa shape index (κ3) is 1.41. The number of aliphatic hydroxyl groups is 1. The number of hydrogen-bond donors (Lipinski definition) is 1. The van der Waals surface area contributed by atoms with Crippen LogP contribution in [0.15, 0.2) is 30.3 Å². The zero-order chi connectivity index (χ0) is 14.8. The maximum Gasteiger partial charge on any atom is 0.254 e. The molecule has 1 amide bonds. The van der Waals surface area contributed by atoms with Crippen LogP contribution in [0.2, 0.25) is 0 Å². The van der Waals surface area contributed by atoms with Crippen LogP contribution in [0.4, 0.5) is 0 Å². The van der Waals surface area contributed by atoms with Crippen LogP contribution in [-0.2, 0) is 0 Å². The summed E-state index contributed by atoms with van der Waals surface area (Å²) in [7, 11) is 0. The lowest BCUT2D eigenvalue weighted by atomic mass is 9.66. The lowest BCUT2D eigenvalue weighted by molar-refractivity contribution is 0.0220. The molecule has 2 aliphatic carbocycles.